The Hall–Kier alpha value is -0.970. The van der Waals surface area contributed by atoms with Crippen LogP contribution in [0.5, 0.6) is 0 Å². The van der Waals surface area contributed by atoms with Crippen LogP contribution in [-0.4, -0.2) is 37.0 Å². The second-order valence-electron chi connectivity index (χ2n) is 4.02. The molecular weight excluding hydrogens is 285 g/mol. The van der Waals surface area contributed by atoms with E-state index >= 15 is 0 Å². The first-order valence-corrected chi connectivity index (χ1v) is 6.51. The van der Waals surface area contributed by atoms with Crippen LogP contribution in [0.4, 0.5) is 5.69 Å². The van der Waals surface area contributed by atoms with Gasteiger partial charge in [0.25, 0.3) is 5.91 Å². The number of nitrogens with zero attached hydrogens (tertiary/aromatic N) is 1. The minimum absolute atomic E-state index is 0. The lowest BCUT2D eigenvalue weighted by Crippen LogP contribution is -2.34. The molecule has 0 bridgehead atoms. The van der Waals surface area contributed by atoms with E-state index in [2.05, 4.69) is 24.1 Å². The fourth-order valence-electron chi connectivity index (χ4n) is 1.65. The number of amides is 1. The first-order chi connectivity index (χ1) is 8.58. The molecule has 1 aromatic rings. The van der Waals surface area contributed by atoms with Gasteiger partial charge in [0.1, 0.15) is 0 Å². The third-order valence-electron chi connectivity index (χ3n) is 2.87. The Morgan fingerprint density at radius 1 is 1.37 bits per heavy atom. The van der Waals surface area contributed by atoms with Gasteiger partial charge in [0.15, 0.2) is 0 Å². The van der Waals surface area contributed by atoms with Gasteiger partial charge < -0.3 is 16.0 Å². The molecule has 0 aliphatic rings. The fraction of sp³-hybridized carbons (Fsp3) is 0.462. The lowest BCUT2D eigenvalue weighted by molar-refractivity contribution is 0.0949. The van der Waals surface area contributed by atoms with Crippen molar-refractivity contribution in [3.05, 3.63) is 28.8 Å². The molecular formula is C13H21Cl2N3O. The number of carbonyl (C=O) groups excluding carboxylic acids is 1. The van der Waals surface area contributed by atoms with Crippen molar-refractivity contribution in [2.45, 2.75) is 13.8 Å². The van der Waals surface area contributed by atoms with Crippen molar-refractivity contribution in [2.24, 2.45) is 0 Å². The summed E-state index contributed by atoms with van der Waals surface area (Å²) in [6.07, 6.45) is 0. The van der Waals surface area contributed by atoms with Crippen molar-refractivity contribution in [1.82, 2.24) is 10.2 Å². The molecule has 0 heterocycles. The van der Waals surface area contributed by atoms with Gasteiger partial charge in [-0.2, -0.15) is 0 Å². The van der Waals surface area contributed by atoms with E-state index in [1.165, 1.54) is 0 Å². The van der Waals surface area contributed by atoms with Crippen LogP contribution in [0.15, 0.2) is 18.2 Å². The fourth-order valence-corrected chi connectivity index (χ4v) is 1.77. The van der Waals surface area contributed by atoms with Crippen LogP contribution in [0.1, 0.15) is 24.2 Å². The SMILES string of the molecule is CCN(CC)CCNC(=O)c1ccc(Cl)c(N)c1.Cl. The van der Waals surface area contributed by atoms with Crippen molar-refractivity contribution in [1.29, 1.82) is 0 Å². The normalized spacial score (nSPS) is 10.1. The number of rotatable bonds is 6. The Bertz CT molecular complexity index is 409. The van der Waals surface area contributed by atoms with E-state index < -0.39 is 0 Å². The number of likely N-dealkylation sites (N-methyl/N-ethyl adjacent to an activating group) is 1. The number of hydrogen-bond acceptors (Lipinski definition) is 3. The van der Waals surface area contributed by atoms with Gasteiger partial charge in [0.2, 0.25) is 0 Å². The van der Waals surface area contributed by atoms with Crippen LogP contribution in [-0.2, 0) is 0 Å². The van der Waals surface area contributed by atoms with Crippen LogP contribution in [0.3, 0.4) is 0 Å². The molecule has 0 aliphatic carbocycles. The summed E-state index contributed by atoms with van der Waals surface area (Å²) in [5.41, 5.74) is 6.62. The van der Waals surface area contributed by atoms with Crippen molar-refractivity contribution in [3.8, 4) is 0 Å². The lowest BCUT2D eigenvalue weighted by atomic mass is 10.2. The Morgan fingerprint density at radius 3 is 2.53 bits per heavy atom. The predicted octanol–water partition coefficient (Wildman–Crippen LogP) is 2.42. The average molecular weight is 306 g/mol. The maximum absolute atomic E-state index is 11.8. The summed E-state index contributed by atoms with van der Waals surface area (Å²) in [4.78, 5) is 14.1. The molecule has 0 fully saturated rings. The van der Waals surface area contributed by atoms with Crippen LogP contribution in [0.2, 0.25) is 5.02 Å². The highest BCUT2D eigenvalue weighted by Gasteiger charge is 2.07. The molecule has 1 rings (SSSR count). The molecule has 0 spiro atoms. The highest BCUT2D eigenvalue weighted by molar-refractivity contribution is 6.33. The highest BCUT2D eigenvalue weighted by atomic mass is 35.5. The van der Waals surface area contributed by atoms with E-state index in [1.807, 2.05) is 0 Å². The van der Waals surface area contributed by atoms with Crippen LogP contribution in [0, 0.1) is 0 Å². The van der Waals surface area contributed by atoms with Crippen molar-refractivity contribution in [2.75, 3.05) is 31.9 Å². The molecule has 108 valence electrons. The van der Waals surface area contributed by atoms with E-state index in [1.54, 1.807) is 18.2 Å². The summed E-state index contributed by atoms with van der Waals surface area (Å²) in [5.74, 6) is -0.120. The number of carbonyl (C=O) groups is 1. The number of nitrogens with two attached hydrogens (primary N) is 1. The van der Waals surface area contributed by atoms with Gasteiger partial charge in [-0.05, 0) is 31.3 Å². The van der Waals surface area contributed by atoms with Crippen molar-refractivity contribution < 1.29 is 4.79 Å². The molecule has 1 aromatic carbocycles. The summed E-state index contributed by atoms with van der Waals surface area (Å²) >= 11 is 5.81. The zero-order valence-electron chi connectivity index (χ0n) is 11.3. The number of nitrogen functional groups attached to an aromatic ring is 1. The number of halogens is 2. The molecule has 0 radical (unpaired) electrons. The van der Waals surface area contributed by atoms with Crippen molar-refractivity contribution in [3.63, 3.8) is 0 Å². The molecule has 1 amide bonds. The van der Waals surface area contributed by atoms with E-state index in [4.69, 9.17) is 17.3 Å². The first kappa shape index (κ1) is 18.0. The smallest absolute Gasteiger partial charge is 0.251 e. The molecule has 0 aromatic heterocycles. The van der Waals surface area contributed by atoms with Crippen LogP contribution in [0.25, 0.3) is 0 Å². The minimum atomic E-state index is -0.120. The summed E-state index contributed by atoms with van der Waals surface area (Å²) in [7, 11) is 0. The third kappa shape index (κ3) is 5.68. The monoisotopic (exact) mass is 305 g/mol. The van der Waals surface area contributed by atoms with Gasteiger partial charge >= 0.3 is 0 Å². The Morgan fingerprint density at radius 2 is 2.00 bits per heavy atom. The molecule has 4 nitrogen and oxygen atoms in total. The molecule has 0 aliphatic heterocycles. The molecule has 6 heteroatoms. The standard InChI is InChI=1S/C13H20ClN3O.ClH/c1-3-17(4-2)8-7-16-13(18)10-5-6-11(14)12(15)9-10;/h5-6,9H,3-4,7-8,15H2,1-2H3,(H,16,18);1H. The highest BCUT2D eigenvalue weighted by Crippen LogP contribution is 2.19. The quantitative estimate of drug-likeness (QED) is 0.794. The lowest BCUT2D eigenvalue weighted by Gasteiger charge is -2.18. The van der Waals surface area contributed by atoms with E-state index in [9.17, 15) is 4.79 Å². The van der Waals surface area contributed by atoms with Gasteiger partial charge in [-0.3, -0.25) is 4.79 Å². The molecule has 0 saturated heterocycles. The summed E-state index contributed by atoms with van der Waals surface area (Å²) in [6, 6.07) is 4.90. The van der Waals surface area contributed by atoms with E-state index in [0.29, 0.717) is 22.8 Å². The minimum Gasteiger partial charge on any atom is -0.398 e. The van der Waals surface area contributed by atoms with E-state index in [0.717, 1.165) is 19.6 Å². The Balaban J connectivity index is 0.00000324. The average Bonchev–Trinajstić information content (AvgIpc) is 2.37. The largest absolute Gasteiger partial charge is 0.398 e. The second kappa shape index (κ2) is 9.02. The number of hydrogen-bond donors (Lipinski definition) is 2. The predicted molar refractivity (Wildman–Crippen MR) is 83.2 cm³/mol. The maximum Gasteiger partial charge on any atom is 0.251 e. The van der Waals surface area contributed by atoms with Crippen LogP contribution >= 0.6 is 24.0 Å². The topological polar surface area (TPSA) is 58.4 Å². The summed E-state index contributed by atoms with van der Waals surface area (Å²) in [6.45, 7) is 7.65. The number of nitrogens with one attached hydrogen (secondary N) is 1. The molecule has 0 unspecified atom stereocenters. The number of anilines is 1. The molecule has 0 saturated carbocycles. The van der Waals surface area contributed by atoms with Gasteiger partial charge in [-0.15, -0.1) is 12.4 Å². The summed E-state index contributed by atoms with van der Waals surface area (Å²) < 4.78 is 0. The Labute approximate surface area is 125 Å². The van der Waals surface area contributed by atoms with Crippen molar-refractivity contribution >= 4 is 35.6 Å². The van der Waals surface area contributed by atoms with Gasteiger partial charge in [-0.25, -0.2) is 0 Å². The Kier molecular flexibility index (Phi) is 8.56. The molecule has 19 heavy (non-hydrogen) atoms. The number of benzene rings is 1. The zero-order valence-corrected chi connectivity index (χ0v) is 12.9. The maximum atomic E-state index is 11.8. The molecule has 0 atom stereocenters. The first-order valence-electron chi connectivity index (χ1n) is 6.14. The summed E-state index contributed by atoms with van der Waals surface area (Å²) in [5, 5.41) is 3.33. The van der Waals surface area contributed by atoms with Gasteiger partial charge in [0.05, 0.1) is 10.7 Å². The van der Waals surface area contributed by atoms with E-state index in [-0.39, 0.29) is 18.3 Å². The molecule has 3 N–H and O–H groups in total. The third-order valence-corrected chi connectivity index (χ3v) is 3.21. The second-order valence-corrected chi connectivity index (χ2v) is 4.43. The van der Waals surface area contributed by atoms with Gasteiger partial charge in [-0.1, -0.05) is 25.4 Å². The van der Waals surface area contributed by atoms with Gasteiger partial charge in [0, 0.05) is 18.7 Å². The van der Waals surface area contributed by atoms with Crippen LogP contribution < -0.4 is 11.1 Å². The zero-order chi connectivity index (χ0) is 13.5.